The molecule has 6 heteroatoms. The number of nitrogens with one attached hydrogen (secondary N) is 1. The molecule has 4 aromatic rings. The fraction of sp³-hybridized carbons (Fsp3) is 0.314. The number of hydrogen-bond acceptors (Lipinski definition) is 5. The van der Waals surface area contributed by atoms with E-state index in [0.717, 1.165) is 47.4 Å². The lowest BCUT2D eigenvalue weighted by Gasteiger charge is -2.42. The van der Waals surface area contributed by atoms with E-state index in [9.17, 15) is 4.79 Å². The third-order valence-electron chi connectivity index (χ3n) is 8.41. The van der Waals surface area contributed by atoms with E-state index in [4.69, 9.17) is 10.2 Å². The van der Waals surface area contributed by atoms with Crippen molar-refractivity contribution in [3.63, 3.8) is 0 Å². The van der Waals surface area contributed by atoms with Gasteiger partial charge in [0.05, 0.1) is 18.5 Å². The lowest BCUT2D eigenvalue weighted by molar-refractivity contribution is -0.121. The fourth-order valence-corrected chi connectivity index (χ4v) is 6.29. The first-order valence-corrected chi connectivity index (χ1v) is 14.5. The van der Waals surface area contributed by atoms with Crippen LogP contribution in [-0.4, -0.2) is 34.9 Å². The Labute approximate surface area is 242 Å². The normalized spacial score (nSPS) is 18.8. The summed E-state index contributed by atoms with van der Waals surface area (Å²) in [5.74, 6) is 1.11. The van der Waals surface area contributed by atoms with Crippen LogP contribution >= 0.6 is 0 Å². The molecule has 3 heterocycles. The summed E-state index contributed by atoms with van der Waals surface area (Å²) < 4.78 is 6.40. The van der Waals surface area contributed by atoms with Gasteiger partial charge >= 0.3 is 0 Å². The van der Waals surface area contributed by atoms with Crippen LogP contribution in [0.5, 0.6) is 0 Å². The molecule has 0 radical (unpaired) electrons. The number of amides is 1. The van der Waals surface area contributed by atoms with Crippen LogP contribution in [0.3, 0.4) is 0 Å². The molecule has 6 rings (SSSR count). The molecule has 1 aliphatic heterocycles. The van der Waals surface area contributed by atoms with Crippen LogP contribution in [0.4, 0.5) is 0 Å². The predicted molar refractivity (Wildman–Crippen MR) is 163 cm³/mol. The van der Waals surface area contributed by atoms with Crippen molar-refractivity contribution in [2.45, 2.75) is 51.7 Å². The number of hydrogen-bond donors (Lipinski definition) is 2. The highest BCUT2D eigenvalue weighted by molar-refractivity contribution is 5.83. The minimum atomic E-state index is -0.0826. The summed E-state index contributed by atoms with van der Waals surface area (Å²) in [6.07, 6.45) is 13.5. The van der Waals surface area contributed by atoms with E-state index in [1.54, 1.807) is 0 Å². The number of carbonyl (C=O) groups excluding carboxylic acids is 1. The number of aryl methyl sites for hydroxylation is 3. The van der Waals surface area contributed by atoms with Gasteiger partial charge in [-0.05, 0) is 79.3 Å². The van der Waals surface area contributed by atoms with Crippen molar-refractivity contribution >= 4 is 16.9 Å². The molecule has 3 atom stereocenters. The van der Waals surface area contributed by atoms with Gasteiger partial charge in [-0.25, -0.2) is 0 Å². The SMILES string of the molecule is Cc1ccc([C@@H](NC(=O)Cc2ccc3oc(C(c4ccncc4C)N4CC(N)C4)cc3c2)C2C=CC=CC2)c(C)c1. The van der Waals surface area contributed by atoms with Gasteiger partial charge in [0.25, 0.3) is 0 Å². The fourth-order valence-electron chi connectivity index (χ4n) is 6.29. The summed E-state index contributed by atoms with van der Waals surface area (Å²) >= 11 is 0. The Morgan fingerprint density at radius 3 is 2.63 bits per heavy atom. The number of likely N-dealkylation sites (tertiary alicyclic amines) is 1. The Kier molecular flexibility index (Phi) is 7.61. The van der Waals surface area contributed by atoms with Crippen LogP contribution in [-0.2, 0) is 11.2 Å². The van der Waals surface area contributed by atoms with Gasteiger partial charge in [0.1, 0.15) is 11.3 Å². The van der Waals surface area contributed by atoms with Crippen molar-refractivity contribution in [3.05, 3.63) is 124 Å². The van der Waals surface area contributed by atoms with Crippen LogP contribution < -0.4 is 11.1 Å². The molecular weight excluding hydrogens is 508 g/mol. The molecule has 6 nitrogen and oxygen atoms in total. The summed E-state index contributed by atoms with van der Waals surface area (Å²) in [4.78, 5) is 20.1. The largest absolute Gasteiger partial charge is 0.459 e. The minimum Gasteiger partial charge on any atom is -0.459 e. The smallest absolute Gasteiger partial charge is 0.224 e. The topological polar surface area (TPSA) is 84.4 Å². The summed E-state index contributed by atoms with van der Waals surface area (Å²) in [5.41, 5.74) is 13.8. The molecule has 0 saturated carbocycles. The van der Waals surface area contributed by atoms with Gasteiger partial charge < -0.3 is 15.5 Å². The van der Waals surface area contributed by atoms with E-state index in [1.165, 1.54) is 22.3 Å². The number of furan rings is 1. The summed E-state index contributed by atoms with van der Waals surface area (Å²) in [6, 6.07) is 16.8. The van der Waals surface area contributed by atoms with E-state index >= 15 is 0 Å². The van der Waals surface area contributed by atoms with Crippen molar-refractivity contribution < 1.29 is 9.21 Å². The van der Waals surface area contributed by atoms with Gasteiger partial charge in [-0.1, -0.05) is 54.1 Å². The van der Waals surface area contributed by atoms with E-state index in [2.05, 4.69) is 96.7 Å². The number of nitrogens with zero attached hydrogens (tertiary/aromatic N) is 2. The Morgan fingerprint density at radius 2 is 1.90 bits per heavy atom. The zero-order valence-corrected chi connectivity index (χ0v) is 24.0. The highest BCUT2D eigenvalue weighted by Crippen LogP contribution is 2.37. The highest BCUT2D eigenvalue weighted by atomic mass is 16.3. The quantitative estimate of drug-likeness (QED) is 0.282. The van der Waals surface area contributed by atoms with Crippen LogP contribution in [0.2, 0.25) is 0 Å². The highest BCUT2D eigenvalue weighted by Gasteiger charge is 2.35. The number of fused-ring (bicyclic) bond motifs is 1. The first-order chi connectivity index (χ1) is 19.9. The predicted octanol–water partition coefficient (Wildman–Crippen LogP) is 6.02. The third-order valence-corrected chi connectivity index (χ3v) is 8.41. The molecule has 2 aromatic heterocycles. The van der Waals surface area contributed by atoms with Crippen LogP contribution in [0.15, 0.2) is 89.6 Å². The maximum Gasteiger partial charge on any atom is 0.224 e. The number of rotatable bonds is 8. The maximum atomic E-state index is 13.5. The van der Waals surface area contributed by atoms with Gasteiger partial charge in [-0.3, -0.25) is 14.7 Å². The average Bonchev–Trinajstić information content (AvgIpc) is 3.36. The van der Waals surface area contributed by atoms with E-state index in [0.29, 0.717) is 6.42 Å². The zero-order chi connectivity index (χ0) is 28.5. The number of carbonyl (C=O) groups is 1. The molecule has 2 aliphatic rings. The molecular formula is C35H38N4O2. The van der Waals surface area contributed by atoms with Crippen molar-refractivity contribution in [3.8, 4) is 0 Å². The summed E-state index contributed by atoms with van der Waals surface area (Å²) in [5, 5.41) is 4.37. The average molecular weight is 547 g/mol. The second-order valence-corrected chi connectivity index (χ2v) is 11.7. The lowest BCUT2D eigenvalue weighted by atomic mass is 9.85. The molecule has 1 aliphatic carbocycles. The van der Waals surface area contributed by atoms with Gasteiger partial charge in [0.2, 0.25) is 5.91 Å². The van der Waals surface area contributed by atoms with Crippen molar-refractivity contribution in [1.29, 1.82) is 0 Å². The molecule has 0 bridgehead atoms. The van der Waals surface area contributed by atoms with Gasteiger partial charge in [-0.15, -0.1) is 0 Å². The number of pyridine rings is 1. The molecule has 2 unspecified atom stereocenters. The molecule has 1 amide bonds. The Morgan fingerprint density at radius 1 is 1.05 bits per heavy atom. The molecule has 3 N–H and O–H groups in total. The number of allylic oxidation sites excluding steroid dienone is 3. The standard InChI is InChI=1S/C35H38N4O2/c1-22-9-11-29(23(2)15-22)34(26-7-5-4-6-8-26)38-33(40)17-25-10-12-31-27(16-25)18-32(41-31)35(39-20-28(36)21-39)30-13-14-37-19-24(30)3/h4-7,9-16,18-19,26,28,34-35H,8,17,20-21,36H2,1-3H3,(H,38,40)/t26?,34-,35?/m0/s1. The molecule has 2 aromatic carbocycles. The molecule has 0 spiro atoms. The zero-order valence-electron chi connectivity index (χ0n) is 24.0. The van der Waals surface area contributed by atoms with E-state index < -0.39 is 0 Å². The summed E-state index contributed by atoms with van der Waals surface area (Å²) in [6.45, 7) is 7.96. The second-order valence-electron chi connectivity index (χ2n) is 11.7. The van der Waals surface area contributed by atoms with Crippen molar-refractivity contribution in [1.82, 2.24) is 15.2 Å². The van der Waals surface area contributed by atoms with Gasteiger partial charge in [0.15, 0.2) is 0 Å². The van der Waals surface area contributed by atoms with Crippen molar-refractivity contribution in [2.75, 3.05) is 13.1 Å². The van der Waals surface area contributed by atoms with Gasteiger partial charge in [-0.2, -0.15) is 0 Å². The molecule has 1 saturated heterocycles. The van der Waals surface area contributed by atoms with Crippen LogP contribution in [0.1, 0.15) is 57.6 Å². The molecule has 41 heavy (non-hydrogen) atoms. The first kappa shape index (κ1) is 27.2. The number of benzene rings is 2. The molecule has 1 fully saturated rings. The van der Waals surface area contributed by atoms with E-state index in [-0.39, 0.29) is 30.0 Å². The number of nitrogens with two attached hydrogens (primary N) is 1. The third kappa shape index (κ3) is 5.76. The van der Waals surface area contributed by atoms with Crippen molar-refractivity contribution in [2.24, 2.45) is 11.7 Å². The van der Waals surface area contributed by atoms with Gasteiger partial charge in [0, 0.05) is 42.8 Å². The Balaban J connectivity index is 1.24. The number of aromatic nitrogens is 1. The lowest BCUT2D eigenvalue weighted by Crippen LogP contribution is -2.56. The van der Waals surface area contributed by atoms with Crippen LogP contribution in [0, 0.1) is 26.7 Å². The second kappa shape index (κ2) is 11.5. The van der Waals surface area contributed by atoms with Crippen LogP contribution in [0.25, 0.3) is 11.0 Å². The minimum absolute atomic E-state index is 0.0147. The Bertz CT molecular complexity index is 1630. The first-order valence-electron chi connectivity index (χ1n) is 14.5. The van der Waals surface area contributed by atoms with E-state index in [1.807, 2.05) is 24.5 Å². The molecule has 210 valence electrons. The monoisotopic (exact) mass is 546 g/mol. The summed E-state index contributed by atoms with van der Waals surface area (Å²) in [7, 11) is 0. The Hall–Kier alpha value is -4.00. The maximum absolute atomic E-state index is 13.5.